The van der Waals surface area contributed by atoms with Gasteiger partial charge in [-0.1, -0.05) is 12.1 Å². The number of hydrogen-bond acceptors (Lipinski definition) is 8. The van der Waals surface area contributed by atoms with Crippen molar-refractivity contribution >= 4 is 33.3 Å². The van der Waals surface area contributed by atoms with E-state index in [1.807, 2.05) is 5.43 Å². The highest BCUT2D eigenvalue weighted by atomic mass is 32.2. The highest BCUT2D eigenvalue weighted by molar-refractivity contribution is 7.89. The Bertz CT molecular complexity index is 933. The zero-order chi connectivity index (χ0) is 19.2. The van der Waals surface area contributed by atoms with Crippen LogP contribution in [-0.2, 0) is 19.6 Å². The number of rotatable bonds is 6. The van der Waals surface area contributed by atoms with Crippen LogP contribution in [0.4, 0.5) is 11.5 Å². The zero-order valence-electron chi connectivity index (χ0n) is 12.9. The van der Waals surface area contributed by atoms with E-state index in [4.69, 9.17) is 0 Å². The number of sulfonamides is 1. The Balaban J connectivity index is 1.94. The third-order valence-corrected chi connectivity index (χ3v) is 4.06. The average molecular weight is 380 g/mol. The van der Waals surface area contributed by atoms with E-state index in [1.165, 1.54) is 12.3 Å². The molecular weight excluding hydrogens is 368 g/mol. The minimum atomic E-state index is -4.31. The van der Waals surface area contributed by atoms with Crippen molar-refractivity contribution in [2.75, 3.05) is 5.43 Å². The number of carbonyl (C=O) groups excluding carboxylic acids is 2. The zero-order valence-corrected chi connectivity index (χ0v) is 13.7. The fraction of sp³-hybridized carbons (Fsp3) is 0. The molecule has 136 valence electrons. The Morgan fingerprint density at radius 2 is 1.77 bits per heavy atom. The lowest BCUT2D eigenvalue weighted by atomic mass is 10.3. The molecule has 2 aromatic rings. The molecule has 0 aliphatic heterocycles. The normalized spacial score (nSPS) is 10.6. The fourth-order valence-electron chi connectivity index (χ4n) is 1.61. The van der Waals surface area contributed by atoms with Gasteiger partial charge in [0.2, 0.25) is 0 Å². The van der Waals surface area contributed by atoms with Gasteiger partial charge in [0.1, 0.15) is 5.82 Å². The Morgan fingerprint density at radius 1 is 1.04 bits per heavy atom. The van der Waals surface area contributed by atoms with Crippen molar-refractivity contribution < 1.29 is 22.9 Å². The van der Waals surface area contributed by atoms with Gasteiger partial charge in [0.05, 0.1) is 9.82 Å². The number of nitro groups is 1. The number of nitrogens with zero attached hydrogens (tertiary/aromatic N) is 2. The summed E-state index contributed by atoms with van der Waals surface area (Å²) in [4.78, 5) is 38.1. The van der Waals surface area contributed by atoms with E-state index < -0.39 is 37.3 Å². The van der Waals surface area contributed by atoms with Gasteiger partial charge in [0, 0.05) is 18.3 Å². The highest BCUT2D eigenvalue weighted by Gasteiger charge is 2.20. The summed E-state index contributed by atoms with van der Waals surface area (Å²) in [5.74, 6) is -2.26. The molecule has 0 saturated carbocycles. The molecule has 0 atom stereocenters. The van der Waals surface area contributed by atoms with Gasteiger partial charge >= 0.3 is 11.8 Å². The number of anilines is 1. The van der Waals surface area contributed by atoms with Crippen molar-refractivity contribution in [2.24, 2.45) is 0 Å². The third kappa shape index (κ3) is 4.96. The topological polar surface area (TPSA) is 172 Å². The Labute approximate surface area is 146 Å². The smallest absolute Gasteiger partial charge is 0.281 e. The molecule has 0 saturated heterocycles. The number of pyridine rings is 1. The summed E-state index contributed by atoms with van der Waals surface area (Å²) in [6.45, 7) is 0. The molecule has 13 heteroatoms. The predicted molar refractivity (Wildman–Crippen MR) is 87.6 cm³/mol. The van der Waals surface area contributed by atoms with E-state index in [0.717, 1.165) is 24.3 Å². The van der Waals surface area contributed by atoms with Gasteiger partial charge in [0.15, 0.2) is 0 Å². The number of benzene rings is 1. The minimum Gasteiger partial charge on any atom is -0.281 e. The second kappa shape index (κ2) is 8.00. The summed E-state index contributed by atoms with van der Waals surface area (Å²) in [6.07, 6.45) is 1.45. The number of amides is 2. The molecule has 2 rings (SSSR count). The highest BCUT2D eigenvalue weighted by Crippen LogP contribution is 2.16. The number of nitrogens with one attached hydrogen (secondary N) is 4. The predicted octanol–water partition coefficient (Wildman–Crippen LogP) is -0.557. The summed E-state index contributed by atoms with van der Waals surface area (Å²) >= 11 is 0. The molecule has 0 fully saturated rings. The Hall–Kier alpha value is -3.58. The fourth-order valence-corrected chi connectivity index (χ4v) is 2.49. The van der Waals surface area contributed by atoms with Gasteiger partial charge in [-0.2, -0.15) is 0 Å². The number of nitro benzene ring substituents is 1. The van der Waals surface area contributed by atoms with Crippen LogP contribution in [0, 0.1) is 10.1 Å². The first-order valence-electron chi connectivity index (χ1n) is 6.83. The van der Waals surface area contributed by atoms with E-state index in [2.05, 4.69) is 10.4 Å². The van der Waals surface area contributed by atoms with Gasteiger partial charge in [-0.05, 0) is 18.2 Å². The molecule has 0 aliphatic carbocycles. The van der Waals surface area contributed by atoms with Gasteiger partial charge in [-0.3, -0.25) is 36.0 Å². The summed E-state index contributed by atoms with van der Waals surface area (Å²) in [6, 6.07) is 8.95. The lowest BCUT2D eigenvalue weighted by Crippen LogP contribution is -2.49. The van der Waals surface area contributed by atoms with E-state index in [9.17, 15) is 28.1 Å². The molecule has 0 bridgehead atoms. The quantitative estimate of drug-likeness (QED) is 0.293. The first-order chi connectivity index (χ1) is 12.3. The largest absolute Gasteiger partial charge is 0.329 e. The lowest BCUT2D eigenvalue weighted by molar-refractivity contribution is -0.385. The number of carbonyl (C=O) groups is 2. The monoisotopic (exact) mass is 380 g/mol. The molecule has 1 heterocycles. The Morgan fingerprint density at radius 3 is 2.42 bits per heavy atom. The molecule has 1 aromatic carbocycles. The van der Waals surface area contributed by atoms with Crippen molar-refractivity contribution in [2.45, 2.75) is 4.90 Å². The van der Waals surface area contributed by atoms with Gasteiger partial charge in [-0.25, -0.2) is 13.4 Å². The van der Waals surface area contributed by atoms with Crippen molar-refractivity contribution in [3.8, 4) is 0 Å². The third-order valence-electron chi connectivity index (χ3n) is 2.81. The van der Waals surface area contributed by atoms with Crippen molar-refractivity contribution in [3.63, 3.8) is 0 Å². The Kier molecular flexibility index (Phi) is 5.77. The van der Waals surface area contributed by atoms with Crippen molar-refractivity contribution in [1.82, 2.24) is 20.7 Å². The maximum absolute atomic E-state index is 12.0. The SMILES string of the molecule is O=C(NNc1ccccn1)C(=O)NNS(=O)(=O)c1cccc([N+](=O)[O-])c1. The van der Waals surface area contributed by atoms with E-state index in [-0.39, 0.29) is 5.82 Å². The molecule has 12 nitrogen and oxygen atoms in total. The van der Waals surface area contributed by atoms with Crippen LogP contribution in [0.25, 0.3) is 0 Å². The van der Waals surface area contributed by atoms with Crippen LogP contribution in [0.3, 0.4) is 0 Å². The van der Waals surface area contributed by atoms with Gasteiger partial charge in [0.25, 0.3) is 15.7 Å². The molecule has 4 N–H and O–H groups in total. The summed E-state index contributed by atoms with van der Waals surface area (Å²) < 4.78 is 24.0. The van der Waals surface area contributed by atoms with Crippen LogP contribution in [0.5, 0.6) is 0 Å². The van der Waals surface area contributed by atoms with Crippen LogP contribution in [-0.4, -0.2) is 30.1 Å². The molecule has 0 unspecified atom stereocenters. The van der Waals surface area contributed by atoms with Gasteiger partial charge in [-0.15, -0.1) is 4.83 Å². The van der Waals surface area contributed by atoms with Crippen molar-refractivity contribution in [1.29, 1.82) is 0 Å². The van der Waals surface area contributed by atoms with Crippen LogP contribution in [0.15, 0.2) is 53.6 Å². The molecule has 26 heavy (non-hydrogen) atoms. The maximum Gasteiger partial charge on any atom is 0.329 e. The number of hydrazine groups is 2. The average Bonchev–Trinajstić information content (AvgIpc) is 2.65. The van der Waals surface area contributed by atoms with Crippen molar-refractivity contribution in [3.05, 3.63) is 58.8 Å². The second-order valence-corrected chi connectivity index (χ2v) is 6.29. The van der Waals surface area contributed by atoms with E-state index in [1.54, 1.807) is 22.4 Å². The molecule has 1 aromatic heterocycles. The van der Waals surface area contributed by atoms with Crippen LogP contribution >= 0.6 is 0 Å². The number of hydrogen-bond donors (Lipinski definition) is 4. The second-order valence-electron chi connectivity index (χ2n) is 4.61. The van der Waals surface area contributed by atoms with Crippen LogP contribution in [0.1, 0.15) is 0 Å². The molecule has 0 spiro atoms. The standard InChI is InChI=1S/C13H12N6O6S/c20-12(16-15-11-6-1-2-7-14-11)13(21)17-18-26(24,25)10-5-3-4-9(8-10)19(22)23/h1-8,18H,(H,14,15)(H,16,20)(H,17,21). The molecule has 0 aliphatic rings. The summed E-state index contributed by atoms with van der Waals surface area (Å²) in [5.41, 5.74) is 5.60. The first-order valence-corrected chi connectivity index (χ1v) is 8.31. The van der Waals surface area contributed by atoms with Gasteiger partial charge < -0.3 is 0 Å². The number of non-ortho nitro benzene ring substituents is 1. The molecular formula is C13H12N6O6S. The minimum absolute atomic E-state index is 0.255. The molecule has 0 radical (unpaired) electrons. The number of aromatic nitrogens is 1. The lowest BCUT2D eigenvalue weighted by Gasteiger charge is -2.09. The van der Waals surface area contributed by atoms with E-state index >= 15 is 0 Å². The first kappa shape index (κ1) is 18.8. The molecule has 2 amide bonds. The maximum atomic E-state index is 12.0. The van der Waals surface area contributed by atoms with E-state index in [0.29, 0.717) is 0 Å². The summed E-state index contributed by atoms with van der Waals surface area (Å²) in [7, 11) is -4.31. The summed E-state index contributed by atoms with van der Waals surface area (Å²) in [5, 5.41) is 10.7. The van der Waals surface area contributed by atoms with Crippen LogP contribution < -0.4 is 21.1 Å². The van der Waals surface area contributed by atoms with Crippen LogP contribution in [0.2, 0.25) is 0 Å².